The summed E-state index contributed by atoms with van der Waals surface area (Å²) in [5, 5.41) is 10.4. The molecule has 178 valence electrons. The van der Waals surface area contributed by atoms with Crippen molar-refractivity contribution in [3.8, 4) is 11.5 Å². The average Bonchev–Trinajstić information content (AvgIpc) is 2.74. The molecule has 33 heavy (non-hydrogen) atoms. The third kappa shape index (κ3) is 4.68. The second-order valence-corrected chi connectivity index (χ2v) is 10.7. The van der Waals surface area contributed by atoms with Gasteiger partial charge in [0.2, 0.25) is 0 Å². The molecule has 1 N–H and O–H groups in total. The van der Waals surface area contributed by atoms with E-state index in [2.05, 4.69) is 13.8 Å². The molecule has 0 radical (unpaired) electrons. The fourth-order valence-corrected chi connectivity index (χ4v) is 5.68. The number of carbonyl (C=O) groups excluding carboxylic acids is 2. The third-order valence-electron chi connectivity index (χ3n) is 7.02. The molecule has 1 aliphatic heterocycles. The van der Waals surface area contributed by atoms with Crippen LogP contribution in [0.4, 0.5) is 0 Å². The Morgan fingerprint density at radius 3 is 2.55 bits per heavy atom. The lowest BCUT2D eigenvalue weighted by atomic mass is 9.67. The van der Waals surface area contributed by atoms with Crippen molar-refractivity contribution >= 4 is 29.1 Å². The van der Waals surface area contributed by atoms with Crippen LogP contribution in [0.3, 0.4) is 0 Å². The lowest BCUT2D eigenvalue weighted by Crippen LogP contribution is -2.40. The summed E-state index contributed by atoms with van der Waals surface area (Å²) in [6.07, 6.45) is 5.90. The molecule has 1 fully saturated rings. The zero-order valence-electron chi connectivity index (χ0n) is 19.7. The first-order valence-corrected chi connectivity index (χ1v) is 12.1. The fourth-order valence-electron chi connectivity index (χ4n) is 5.46. The number of ketones is 1. The Morgan fingerprint density at radius 1 is 1.18 bits per heavy atom. The molecule has 4 rings (SSSR count). The number of halogens is 1. The number of phenolic OH excluding ortho intramolecular Hbond substituents is 1. The van der Waals surface area contributed by atoms with Crippen molar-refractivity contribution in [2.24, 2.45) is 16.3 Å². The lowest BCUT2D eigenvalue weighted by Gasteiger charge is -2.39. The number of phenols is 1. The van der Waals surface area contributed by atoms with E-state index in [0.717, 1.165) is 37.8 Å². The highest BCUT2D eigenvalue weighted by molar-refractivity contribution is 6.32. The van der Waals surface area contributed by atoms with Crippen LogP contribution in [0.1, 0.15) is 77.2 Å². The molecule has 0 spiro atoms. The second kappa shape index (κ2) is 9.13. The zero-order valence-corrected chi connectivity index (χ0v) is 20.5. The molecule has 1 saturated carbocycles. The predicted molar refractivity (Wildman–Crippen MR) is 127 cm³/mol. The van der Waals surface area contributed by atoms with Crippen LogP contribution in [0.5, 0.6) is 11.5 Å². The van der Waals surface area contributed by atoms with Crippen LogP contribution >= 0.6 is 11.6 Å². The first kappa shape index (κ1) is 23.8. The van der Waals surface area contributed by atoms with Gasteiger partial charge in [-0.15, -0.1) is 0 Å². The molecule has 6 nitrogen and oxygen atoms in total. The summed E-state index contributed by atoms with van der Waals surface area (Å²) >= 11 is 6.32. The number of aromatic hydroxyl groups is 1. The van der Waals surface area contributed by atoms with Crippen molar-refractivity contribution < 1.29 is 24.2 Å². The molecule has 3 aliphatic rings. The first-order valence-electron chi connectivity index (χ1n) is 11.7. The largest absolute Gasteiger partial charge is 0.503 e. The van der Waals surface area contributed by atoms with Crippen LogP contribution in [0.15, 0.2) is 28.4 Å². The van der Waals surface area contributed by atoms with Gasteiger partial charge in [0.05, 0.1) is 12.1 Å². The van der Waals surface area contributed by atoms with E-state index in [1.165, 1.54) is 7.11 Å². The monoisotopic (exact) mass is 473 g/mol. The van der Waals surface area contributed by atoms with Crippen molar-refractivity contribution in [1.29, 1.82) is 0 Å². The van der Waals surface area contributed by atoms with Gasteiger partial charge in [-0.1, -0.05) is 31.9 Å². The van der Waals surface area contributed by atoms with Crippen molar-refractivity contribution in [1.82, 2.24) is 0 Å². The summed E-state index contributed by atoms with van der Waals surface area (Å²) in [4.78, 5) is 31.7. The quantitative estimate of drug-likeness (QED) is 0.563. The highest BCUT2D eigenvalue weighted by Gasteiger charge is 2.46. The molecule has 1 aromatic rings. The summed E-state index contributed by atoms with van der Waals surface area (Å²) in [6.45, 7) is 5.94. The summed E-state index contributed by atoms with van der Waals surface area (Å²) < 4.78 is 11.3. The van der Waals surface area contributed by atoms with E-state index in [1.54, 1.807) is 12.1 Å². The summed E-state index contributed by atoms with van der Waals surface area (Å²) in [5.41, 5.74) is 2.34. The van der Waals surface area contributed by atoms with E-state index in [-0.39, 0.29) is 39.8 Å². The molecule has 7 heteroatoms. The van der Waals surface area contributed by atoms with Gasteiger partial charge in [-0.3, -0.25) is 14.6 Å². The SMILES string of the molecule is COc1cc([C@H]2C3=C(CC(C)(C)CC3=O)N=C(C)C2C(=O)OC2CCCCC2)cc(Cl)c1O. The van der Waals surface area contributed by atoms with Gasteiger partial charge >= 0.3 is 5.97 Å². The van der Waals surface area contributed by atoms with Gasteiger partial charge in [-0.05, 0) is 62.1 Å². The zero-order chi connectivity index (χ0) is 23.9. The normalized spacial score (nSPS) is 25.4. The Kier molecular flexibility index (Phi) is 6.59. The number of carbonyl (C=O) groups is 2. The Morgan fingerprint density at radius 2 is 1.88 bits per heavy atom. The number of hydrogen-bond acceptors (Lipinski definition) is 6. The second-order valence-electron chi connectivity index (χ2n) is 10.3. The molecular formula is C26H32ClNO5. The predicted octanol–water partition coefficient (Wildman–Crippen LogP) is 5.75. The molecule has 0 bridgehead atoms. The maximum absolute atomic E-state index is 13.5. The molecule has 2 aliphatic carbocycles. The van der Waals surface area contributed by atoms with Gasteiger partial charge in [0, 0.05) is 29.3 Å². The number of nitrogens with zero attached hydrogens (tertiary/aromatic N) is 1. The Hall–Kier alpha value is -2.34. The van der Waals surface area contributed by atoms with Crippen LogP contribution in [-0.4, -0.2) is 35.8 Å². The molecule has 1 aromatic carbocycles. The van der Waals surface area contributed by atoms with E-state index in [1.807, 2.05) is 6.92 Å². The number of aliphatic imine (C=N–C) groups is 1. The number of ether oxygens (including phenoxy) is 2. The number of benzene rings is 1. The minimum absolute atomic E-state index is 0.0128. The van der Waals surface area contributed by atoms with Crippen molar-refractivity contribution in [2.75, 3.05) is 7.11 Å². The van der Waals surface area contributed by atoms with Gasteiger partial charge < -0.3 is 14.6 Å². The number of Topliss-reactive ketones (excluding diaryl/α,β-unsaturated/α-hetero) is 1. The maximum Gasteiger partial charge on any atom is 0.315 e. The van der Waals surface area contributed by atoms with E-state index in [4.69, 9.17) is 26.1 Å². The highest BCUT2D eigenvalue weighted by Crippen LogP contribution is 2.50. The number of methoxy groups -OCH3 is 1. The number of hydrogen-bond donors (Lipinski definition) is 1. The molecule has 2 atom stereocenters. The minimum Gasteiger partial charge on any atom is -0.503 e. The van der Waals surface area contributed by atoms with E-state index in [0.29, 0.717) is 29.7 Å². The highest BCUT2D eigenvalue weighted by atomic mass is 35.5. The number of allylic oxidation sites excluding steroid dienone is 2. The van der Waals surface area contributed by atoms with Crippen LogP contribution in [0, 0.1) is 11.3 Å². The molecule has 0 amide bonds. The van der Waals surface area contributed by atoms with Gasteiger partial charge in [-0.2, -0.15) is 0 Å². The molecular weight excluding hydrogens is 442 g/mol. The average molecular weight is 474 g/mol. The smallest absolute Gasteiger partial charge is 0.315 e. The molecule has 1 heterocycles. The van der Waals surface area contributed by atoms with E-state index in [9.17, 15) is 14.7 Å². The van der Waals surface area contributed by atoms with Crippen LogP contribution in [-0.2, 0) is 14.3 Å². The molecule has 0 aromatic heterocycles. The molecule has 1 unspecified atom stereocenters. The van der Waals surface area contributed by atoms with Crippen molar-refractivity contribution in [3.05, 3.63) is 34.0 Å². The number of rotatable bonds is 4. The van der Waals surface area contributed by atoms with Crippen LogP contribution in [0.25, 0.3) is 0 Å². The third-order valence-corrected chi connectivity index (χ3v) is 7.31. The standard InChI is InChI=1S/C26H32ClNO5/c1-14-21(25(31)33-16-8-6-5-7-9-16)22(15-10-17(27)24(30)20(11-15)32-4)23-18(28-14)12-26(2,3)13-19(23)29/h10-11,16,21-22,30H,5-9,12-13H2,1-4H3/t21?,22-/m1/s1. The summed E-state index contributed by atoms with van der Waals surface area (Å²) in [6, 6.07) is 3.27. The summed E-state index contributed by atoms with van der Waals surface area (Å²) in [7, 11) is 1.44. The fraction of sp³-hybridized carbons (Fsp3) is 0.577. The Labute approximate surface area is 200 Å². The Bertz CT molecular complexity index is 1040. The van der Waals surface area contributed by atoms with Gasteiger partial charge in [0.15, 0.2) is 17.3 Å². The first-order chi connectivity index (χ1) is 15.6. The Balaban J connectivity index is 1.81. The minimum atomic E-state index is -0.735. The summed E-state index contributed by atoms with van der Waals surface area (Å²) in [5.74, 6) is -1.68. The van der Waals surface area contributed by atoms with E-state index >= 15 is 0 Å². The maximum atomic E-state index is 13.5. The van der Waals surface area contributed by atoms with Gasteiger partial charge in [0.25, 0.3) is 0 Å². The lowest BCUT2D eigenvalue weighted by molar-refractivity contribution is -0.153. The topological polar surface area (TPSA) is 85.2 Å². The number of esters is 1. The van der Waals surface area contributed by atoms with E-state index < -0.39 is 11.8 Å². The molecule has 0 saturated heterocycles. The van der Waals surface area contributed by atoms with Gasteiger partial charge in [-0.25, -0.2) is 0 Å². The van der Waals surface area contributed by atoms with Crippen molar-refractivity contribution in [2.45, 2.75) is 77.7 Å². The van der Waals surface area contributed by atoms with Crippen molar-refractivity contribution in [3.63, 3.8) is 0 Å². The van der Waals surface area contributed by atoms with Crippen LogP contribution < -0.4 is 4.74 Å². The van der Waals surface area contributed by atoms with Gasteiger partial charge in [0.1, 0.15) is 12.0 Å². The van der Waals surface area contributed by atoms with Crippen LogP contribution in [0.2, 0.25) is 5.02 Å².